The number of hydrogen-bond acceptors (Lipinski definition) is 7. The maximum absolute atomic E-state index is 13.6. The van der Waals surface area contributed by atoms with Crippen LogP contribution in [0.2, 0.25) is 5.02 Å². The van der Waals surface area contributed by atoms with Gasteiger partial charge in [-0.25, -0.2) is 9.79 Å². The number of amidine groups is 1. The largest absolute Gasteiger partial charge is 0.478 e. The van der Waals surface area contributed by atoms with Crippen molar-refractivity contribution >= 4 is 57.9 Å². The second-order valence-corrected chi connectivity index (χ2v) is 10.4. The van der Waals surface area contributed by atoms with Crippen molar-refractivity contribution in [3.63, 3.8) is 0 Å². The molecule has 0 bridgehead atoms. The maximum atomic E-state index is 13.6. The van der Waals surface area contributed by atoms with Gasteiger partial charge in [0.05, 0.1) is 26.1 Å². The third-order valence-electron chi connectivity index (χ3n) is 6.42. The van der Waals surface area contributed by atoms with Gasteiger partial charge in [-0.3, -0.25) is 19.8 Å². The Kier molecular flexibility index (Phi) is 7.35. The molecule has 0 spiro atoms. The van der Waals surface area contributed by atoms with Crippen LogP contribution in [0.15, 0.2) is 68.9 Å². The molecular weight excluding hydrogens is 530 g/mol. The lowest BCUT2D eigenvalue weighted by Gasteiger charge is -2.30. The van der Waals surface area contributed by atoms with E-state index in [0.717, 1.165) is 32.1 Å². The number of furan rings is 1. The van der Waals surface area contributed by atoms with Crippen molar-refractivity contribution in [1.29, 1.82) is 0 Å². The Morgan fingerprint density at radius 3 is 2.66 bits per heavy atom. The van der Waals surface area contributed by atoms with E-state index in [4.69, 9.17) is 16.0 Å². The number of carbonyl (C=O) groups excluding carboxylic acids is 1. The van der Waals surface area contributed by atoms with Gasteiger partial charge in [0.25, 0.3) is 11.6 Å². The molecule has 2 heterocycles. The second-order valence-electron chi connectivity index (χ2n) is 8.95. The molecule has 0 atom stereocenters. The SMILES string of the molecule is O=C(O)c1cccc(N=C2S/C(=C/c3ccc(-c4ccc([N+](=O)[O-])cc4Cl)o3)C(=O)N2C2CCCCC2)c1. The number of nitro groups is 1. The molecule has 5 rings (SSSR count). The van der Waals surface area contributed by atoms with E-state index in [-0.39, 0.29) is 28.2 Å². The number of thioether (sulfide) groups is 1. The van der Waals surface area contributed by atoms with Crippen LogP contribution in [0, 0.1) is 10.1 Å². The topological polar surface area (TPSA) is 126 Å². The number of halogens is 1. The number of non-ortho nitro benzene ring substituents is 1. The summed E-state index contributed by atoms with van der Waals surface area (Å²) in [6, 6.07) is 13.8. The molecule has 1 saturated heterocycles. The molecule has 11 heteroatoms. The van der Waals surface area contributed by atoms with Crippen LogP contribution in [0.25, 0.3) is 17.4 Å². The predicted octanol–water partition coefficient (Wildman–Crippen LogP) is 7.14. The van der Waals surface area contributed by atoms with Crippen LogP contribution in [-0.2, 0) is 4.79 Å². The molecule has 1 aliphatic carbocycles. The van der Waals surface area contributed by atoms with E-state index in [9.17, 15) is 24.8 Å². The van der Waals surface area contributed by atoms with Crippen LogP contribution in [0.5, 0.6) is 0 Å². The zero-order chi connectivity index (χ0) is 26.8. The Balaban J connectivity index is 1.46. The lowest BCUT2D eigenvalue weighted by molar-refractivity contribution is -0.384. The number of aromatic carboxylic acids is 1. The third-order valence-corrected chi connectivity index (χ3v) is 7.72. The van der Waals surface area contributed by atoms with Gasteiger partial charge in [-0.2, -0.15) is 0 Å². The molecule has 38 heavy (non-hydrogen) atoms. The van der Waals surface area contributed by atoms with Crippen LogP contribution in [0.1, 0.15) is 48.2 Å². The highest BCUT2D eigenvalue weighted by Crippen LogP contribution is 2.39. The summed E-state index contributed by atoms with van der Waals surface area (Å²) in [6.07, 6.45) is 6.56. The monoisotopic (exact) mass is 551 g/mol. The quantitative estimate of drug-likeness (QED) is 0.196. The number of nitro benzene ring substituents is 1. The maximum Gasteiger partial charge on any atom is 0.335 e. The van der Waals surface area contributed by atoms with E-state index < -0.39 is 10.9 Å². The minimum absolute atomic E-state index is 0.0159. The number of aliphatic imine (C=N–C) groups is 1. The molecule has 1 aromatic heterocycles. The molecule has 1 amide bonds. The van der Waals surface area contributed by atoms with E-state index in [1.165, 1.54) is 42.1 Å². The zero-order valence-electron chi connectivity index (χ0n) is 20.0. The summed E-state index contributed by atoms with van der Waals surface area (Å²) in [5.41, 5.74) is 0.949. The van der Waals surface area contributed by atoms with E-state index >= 15 is 0 Å². The number of hydrogen-bond donors (Lipinski definition) is 1. The molecule has 0 unspecified atom stereocenters. The van der Waals surface area contributed by atoms with E-state index in [2.05, 4.69) is 4.99 Å². The number of carbonyl (C=O) groups is 2. The molecule has 2 fully saturated rings. The zero-order valence-corrected chi connectivity index (χ0v) is 21.6. The van der Waals surface area contributed by atoms with Gasteiger partial charge in [0.2, 0.25) is 0 Å². The summed E-state index contributed by atoms with van der Waals surface area (Å²) in [4.78, 5) is 42.3. The van der Waals surface area contributed by atoms with Crippen LogP contribution < -0.4 is 0 Å². The first-order valence-corrected chi connectivity index (χ1v) is 13.2. The summed E-state index contributed by atoms with van der Waals surface area (Å²) in [7, 11) is 0. The first-order chi connectivity index (χ1) is 18.3. The molecule has 9 nitrogen and oxygen atoms in total. The summed E-state index contributed by atoms with van der Waals surface area (Å²) in [6.45, 7) is 0. The average molecular weight is 552 g/mol. The van der Waals surface area contributed by atoms with E-state index in [0.29, 0.717) is 32.8 Å². The summed E-state index contributed by atoms with van der Waals surface area (Å²) in [5.74, 6) is -0.395. The van der Waals surface area contributed by atoms with Crippen LogP contribution in [0.3, 0.4) is 0 Å². The number of carboxylic acid groups (broad SMARTS) is 1. The Labute approximate surface area is 227 Å². The van der Waals surface area contributed by atoms with Crippen LogP contribution in [0.4, 0.5) is 11.4 Å². The molecule has 2 aliphatic rings. The predicted molar refractivity (Wildman–Crippen MR) is 146 cm³/mol. The van der Waals surface area contributed by atoms with Crippen molar-refractivity contribution in [3.8, 4) is 11.3 Å². The van der Waals surface area contributed by atoms with Crippen molar-refractivity contribution < 1.29 is 24.0 Å². The molecular formula is C27H22ClN3O6S. The molecule has 194 valence electrons. The molecule has 1 saturated carbocycles. The standard InChI is InChI=1S/C27H22ClN3O6S/c28-22-14-19(31(35)36)9-11-21(22)23-12-10-20(37-23)15-24-25(32)30(18-7-2-1-3-8-18)27(38-24)29-17-6-4-5-16(13-17)26(33)34/h4-6,9-15,18H,1-3,7-8H2,(H,33,34)/b24-15+,29-27?. The Morgan fingerprint density at radius 1 is 1.16 bits per heavy atom. The molecule has 0 radical (unpaired) electrons. The van der Waals surface area contributed by atoms with E-state index in [1.54, 1.807) is 35.2 Å². The molecule has 1 N–H and O–H groups in total. The fourth-order valence-electron chi connectivity index (χ4n) is 4.57. The minimum atomic E-state index is -1.05. The fraction of sp³-hybridized carbons (Fsp3) is 0.222. The molecule has 3 aromatic rings. The summed E-state index contributed by atoms with van der Waals surface area (Å²) >= 11 is 7.46. The van der Waals surface area contributed by atoms with Gasteiger partial charge in [-0.1, -0.05) is 36.9 Å². The summed E-state index contributed by atoms with van der Waals surface area (Å²) < 4.78 is 5.92. The lowest BCUT2D eigenvalue weighted by atomic mass is 9.94. The van der Waals surface area contributed by atoms with Gasteiger partial charge in [-0.05, 0) is 61.0 Å². The number of carboxylic acids is 1. The molecule has 1 aliphatic heterocycles. The highest BCUT2D eigenvalue weighted by molar-refractivity contribution is 8.18. The fourth-order valence-corrected chi connectivity index (χ4v) is 5.87. The number of rotatable bonds is 6. The van der Waals surface area contributed by atoms with Gasteiger partial charge < -0.3 is 9.52 Å². The van der Waals surface area contributed by atoms with Crippen molar-refractivity contribution in [2.45, 2.75) is 38.1 Å². The second kappa shape index (κ2) is 10.8. The molecule has 2 aromatic carbocycles. The Bertz CT molecular complexity index is 1490. The van der Waals surface area contributed by atoms with E-state index in [1.807, 2.05) is 0 Å². The third kappa shape index (κ3) is 5.36. The number of benzene rings is 2. The first kappa shape index (κ1) is 25.7. The number of amides is 1. The van der Waals surface area contributed by atoms with Gasteiger partial charge in [-0.15, -0.1) is 0 Å². The Hall–Kier alpha value is -3.89. The smallest absolute Gasteiger partial charge is 0.335 e. The Morgan fingerprint density at radius 2 is 1.95 bits per heavy atom. The lowest BCUT2D eigenvalue weighted by Crippen LogP contribution is -2.40. The van der Waals surface area contributed by atoms with Gasteiger partial charge >= 0.3 is 5.97 Å². The highest BCUT2D eigenvalue weighted by atomic mass is 35.5. The average Bonchev–Trinajstić information content (AvgIpc) is 3.48. The normalized spacial score (nSPS) is 18.4. The van der Waals surface area contributed by atoms with Gasteiger partial charge in [0.15, 0.2) is 5.17 Å². The van der Waals surface area contributed by atoms with Crippen molar-refractivity contribution in [1.82, 2.24) is 4.90 Å². The highest BCUT2D eigenvalue weighted by Gasteiger charge is 2.39. The van der Waals surface area contributed by atoms with Crippen molar-refractivity contribution in [2.75, 3.05) is 0 Å². The van der Waals surface area contributed by atoms with Gasteiger partial charge in [0.1, 0.15) is 11.5 Å². The van der Waals surface area contributed by atoms with Crippen LogP contribution >= 0.6 is 23.4 Å². The van der Waals surface area contributed by atoms with Gasteiger partial charge in [0, 0.05) is 29.8 Å². The van der Waals surface area contributed by atoms with Crippen LogP contribution in [-0.4, -0.2) is 38.0 Å². The number of nitrogens with zero attached hydrogens (tertiary/aromatic N) is 3. The minimum Gasteiger partial charge on any atom is -0.478 e. The summed E-state index contributed by atoms with van der Waals surface area (Å²) in [5, 5.41) is 21.0. The first-order valence-electron chi connectivity index (χ1n) is 12.0. The van der Waals surface area contributed by atoms with Crippen molar-refractivity contribution in [3.05, 3.63) is 86.0 Å². The van der Waals surface area contributed by atoms with Crippen molar-refractivity contribution in [2.24, 2.45) is 4.99 Å².